The number of aromatic nitrogens is 2. The minimum atomic E-state index is -4.26. The molecule has 0 fully saturated rings. The smallest absolute Gasteiger partial charge is 0.419 e. The van der Waals surface area contributed by atoms with Gasteiger partial charge in [0.05, 0.1) is 68.3 Å². The summed E-state index contributed by atoms with van der Waals surface area (Å²) in [7, 11) is 0.389. The topological polar surface area (TPSA) is 184 Å². The molecule has 0 aliphatic carbocycles. The number of sulfonamides is 1. The third-order valence-electron chi connectivity index (χ3n) is 8.11. The molecule has 1 aromatic heterocycles. The highest BCUT2D eigenvalue weighted by Crippen LogP contribution is 2.37. The van der Waals surface area contributed by atoms with Crippen molar-refractivity contribution in [2.75, 3.05) is 58.0 Å². The van der Waals surface area contributed by atoms with Crippen LogP contribution in [0.1, 0.15) is 54.9 Å². The molecular weight excluding hydrogens is 789 g/mol. The van der Waals surface area contributed by atoms with Gasteiger partial charge in [-0.1, -0.05) is 13.0 Å². The number of imide groups is 1. The molecule has 0 atom stereocenters. The summed E-state index contributed by atoms with van der Waals surface area (Å²) >= 11 is 0. The highest BCUT2D eigenvalue weighted by Gasteiger charge is 2.31. The number of anilines is 1. The second-order valence-electron chi connectivity index (χ2n) is 15.3. The number of rotatable bonds is 19. The first kappa shape index (κ1) is 46.2. The van der Waals surface area contributed by atoms with E-state index in [0.29, 0.717) is 34.9 Å². The van der Waals surface area contributed by atoms with Gasteiger partial charge in [0.1, 0.15) is 29.3 Å². The first-order valence-electron chi connectivity index (χ1n) is 19.1. The Balaban J connectivity index is 1.39. The SMILES string of the molecule is CCCOc1cccc(Oc2cc3c(cc2NS(=O)(=O)c2ccc(OC)c(OCCOCCOCCN(C(=O)OC(C)(C)C)C(=O)OC(C)(C)C)c2)n(C)c(=O)n3C)c1. The molecule has 0 saturated carbocycles. The summed E-state index contributed by atoms with van der Waals surface area (Å²) in [4.78, 5) is 38.8. The quantitative estimate of drug-likeness (QED) is 0.0968. The van der Waals surface area contributed by atoms with E-state index in [2.05, 4.69) is 4.72 Å². The van der Waals surface area contributed by atoms with Crippen molar-refractivity contribution in [3.05, 3.63) is 65.1 Å². The number of hydrogen-bond donors (Lipinski definition) is 1. The number of nitrogens with zero attached hydrogens (tertiary/aromatic N) is 3. The number of amides is 2. The maximum absolute atomic E-state index is 13.9. The van der Waals surface area contributed by atoms with Gasteiger partial charge in [0.15, 0.2) is 17.2 Å². The van der Waals surface area contributed by atoms with Crippen molar-refractivity contribution >= 4 is 38.9 Å². The average molecular weight is 845 g/mol. The fourth-order valence-corrected chi connectivity index (χ4v) is 6.46. The molecule has 324 valence electrons. The summed E-state index contributed by atoms with van der Waals surface area (Å²) in [6.45, 7) is 13.0. The molecule has 1 heterocycles. The lowest BCUT2D eigenvalue weighted by Crippen LogP contribution is -2.45. The van der Waals surface area contributed by atoms with Crippen LogP contribution in [0, 0.1) is 0 Å². The van der Waals surface area contributed by atoms with E-state index < -0.39 is 33.4 Å². The zero-order valence-electron chi connectivity index (χ0n) is 35.4. The molecule has 1 N–H and O–H groups in total. The fraction of sp³-hybridized carbons (Fsp3) is 0.488. The monoisotopic (exact) mass is 844 g/mol. The van der Waals surface area contributed by atoms with Gasteiger partial charge in [-0.15, -0.1) is 0 Å². The van der Waals surface area contributed by atoms with Crippen molar-refractivity contribution in [2.45, 2.75) is 71.0 Å². The number of benzene rings is 3. The zero-order valence-corrected chi connectivity index (χ0v) is 36.2. The first-order valence-corrected chi connectivity index (χ1v) is 20.5. The van der Waals surface area contributed by atoms with E-state index in [-0.39, 0.29) is 67.4 Å². The number of carbonyl (C=O) groups excluding carboxylic acids is 2. The third kappa shape index (κ3) is 13.3. The van der Waals surface area contributed by atoms with Crippen LogP contribution in [-0.2, 0) is 43.1 Å². The summed E-state index contributed by atoms with van der Waals surface area (Å²) in [5.74, 6) is 1.59. The predicted molar refractivity (Wildman–Crippen MR) is 221 cm³/mol. The molecule has 0 aliphatic heterocycles. The minimum absolute atomic E-state index is 0.0109. The molecule has 0 unspecified atom stereocenters. The lowest BCUT2D eigenvalue weighted by Gasteiger charge is -2.28. The van der Waals surface area contributed by atoms with Crippen LogP contribution >= 0.6 is 0 Å². The second-order valence-corrected chi connectivity index (χ2v) is 16.9. The van der Waals surface area contributed by atoms with Crippen LogP contribution in [0.25, 0.3) is 11.0 Å². The Bertz CT molecular complexity index is 2210. The Hall–Kier alpha value is -5.46. The summed E-state index contributed by atoms with van der Waals surface area (Å²) in [6.07, 6.45) is -0.872. The molecular formula is C41H56N4O13S. The van der Waals surface area contributed by atoms with Gasteiger partial charge in [0.25, 0.3) is 10.0 Å². The largest absolute Gasteiger partial charge is 0.493 e. The van der Waals surface area contributed by atoms with E-state index in [1.165, 1.54) is 34.4 Å². The van der Waals surface area contributed by atoms with E-state index in [4.69, 9.17) is 37.9 Å². The van der Waals surface area contributed by atoms with Gasteiger partial charge in [-0.3, -0.25) is 13.9 Å². The molecule has 0 aliphatic rings. The Labute approximate surface area is 345 Å². The van der Waals surface area contributed by atoms with Gasteiger partial charge in [-0.25, -0.2) is 27.7 Å². The summed E-state index contributed by atoms with van der Waals surface area (Å²) in [6, 6.07) is 14.3. The van der Waals surface area contributed by atoms with E-state index in [0.717, 1.165) is 11.3 Å². The highest BCUT2D eigenvalue weighted by molar-refractivity contribution is 7.92. The maximum atomic E-state index is 13.9. The molecule has 0 radical (unpaired) electrons. The van der Waals surface area contributed by atoms with E-state index in [9.17, 15) is 22.8 Å². The van der Waals surface area contributed by atoms with Crippen molar-refractivity contribution in [3.8, 4) is 28.7 Å². The van der Waals surface area contributed by atoms with Gasteiger partial charge in [-0.05, 0) is 78.3 Å². The van der Waals surface area contributed by atoms with Crippen LogP contribution in [0.15, 0.2) is 64.3 Å². The van der Waals surface area contributed by atoms with Crippen molar-refractivity contribution in [2.24, 2.45) is 14.1 Å². The standard InChI is InChI=1S/C41H56N4O13S/c1-11-18-54-28-13-12-14-29(24-28)56-35-27-33-32(43(8)37(46)44(33)9)26-31(35)42-59(49,50)30-15-16-34(51-10)36(25-30)55-23-22-53-21-20-52-19-17-45(38(47)57-40(2,3)4)39(48)58-41(5,6)7/h12-16,24-27,42H,11,17-23H2,1-10H3. The van der Waals surface area contributed by atoms with Crippen LogP contribution < -0.4 is 29.4 Å². The Morgan fingerprint density at radius 2 is 1.31 bits per heavy atom. The molecule has 0 bridgehead atoms. The normalized spacial score (nSPS) is 11.9. The third-order valence-corrected chi connectivity index (χ3v) is 9.48. The number of methoxy groups -OCH3 is 1. The summed E-state index contributed by atoms with van der Waals surface area (Å²) < 4.78 is 78.4. The van der Waals surface area contributed by atoms with Crippen molar-refractivity contribution < 1.29 is 55.9 Å². The van der Waals surface area contributed by atoms with Crippen molar-refractivity contribution in [1.29, 1.82) is 0 Å². The van der Waals surface area contributed by atoms with Crippen LogP contribution in [0.4, 0.5) is 15.3 Å². The number of aryl methyl sites for hydroxylation is 2. The number of carbonyl (C=O) groups is 2. The Morgan fingerprint density at radius 3 is 1.92 bits per heavy atom. The summed E-state index contributed by atoms with van der Waals surface area (Å²) in [5, 5.41) is 0. The van der Waals surface area contributed by atoms with Crippen LogP contribution in [0.5, 0.6) is 28.7 Å². The average Bonchev–Trinajstić information content (AvgIpc) is 3.35. The number of fused-ring (bicyclic) bond motifs is 1. The molecule has 18 heteroatoms. The van der Waals surface area contributed by atoms with Crippen molar-refractivity contribution in [3.63, 3.8) is 0 Å². The second kappa shape index (κ2) is 20.0. The number of ether oxygens (including phenoxy) is 8. The molecule has 17 nitrogen and oxygen atoms in total. The summed E-state index contributed by atoms with van der Waals surface area (Å²) in [5.41, 5.74) is -0.821. The minimum Gasteiger partial charge on any atom is -0.493 e. The van der Waals surface area contributed by atoms with Crippen LogP contribution in [0.2, 0.25) is 0 Å². The number of nitrogens with one attached hydrogen (secondary N) is 1. The van der Waals surface area contributed by atoms with Gasteiger partial charge >= 0.3 is 17.9 Å². The first-order chi connectivity index (χ1) is 27.7. The maximum Gasteiger partial charge on any atom is 0.419 e. The van der Waals surface area contributed by atoms with Crippen LogP contribution in [0.3, 0.4) is 0 Å². The Morgan fingerprint density at radius 1 is 0.712 bits per heavy atom. The van der Waals surface area contributed by atoms with Crippen molar-refractivity contribution in [1.82, 2.24) is 14.0 Å². The van der Waals surface area contributed by atoms with Gasteiger partial charge in [0, 0.05) is 32.3 Å². The highest BCUT2D eigenvalue weighted by atomic mass is 32.2. The molecule has 2 amide bonds. The van der Waals surface area contributed by atoms with E-state index >= 15 is 0 Å². The molecule has 0 saturated heterocycles. The fourth-order valence-electron chi connectivity index (χ4n) is 5.38. The van der Waals surface area contributed by atoms with Gasteiger partial charge in [-0.2, -0.15) is 0 Å². The van der Waals surface area contributed by atoms with Crippen LogP contribution in [-0.4, -0.2) is 99.1 Å². The number of hydrogen-bond acceptors (Lipinski definition) is 13. The zero-order chi connectivity index (χ0) is 43.5. The number of imidazole rings is 1. The molecule has 4 aromatic rings. The molecule has 4 rings (SSSR count). The molecule has 3 aromatic carbocycles. The lowest BCUT2D eigenvalue weighted by atomic mass is 10.2. The molecule has 59 heavy (non-hydrogen) atoms. The predicted octanol–water partition coefficient (Wildman–Crippen LogP) is 6.85. The van der Waals surface area contributed by atoms with Gasteiger partial charge in [0.2, 0.25) is 0 Å². The molecule has 0 spiro atoms. The Kier molecular flexibility index (Phi) is 15.7. The lowest BCUT2D eigenvalue weighted by molar-refractivity contribution is -0.00880. The van der Waals surface area contributed by atoms with E-state index in [1.54, 1.807) is 92.0 Å². The van der Waals surface area contributed by atoms with Gasteiger partial charge < -0.3 is 37.9 Å². The van der Waals surface area contributed by atoms with E-state index in [1.807, 2.05) is 6.92 Å².